The number of carbonyl (C=O) groups is 1. The first-order chi connectivity index (χ1) is 12.0. The molecule has 2 aliphatic rings. The molecule has 1 aromatic rings. The summed E-state index contributed by atoms with van der Waals surface area (Å²) in [6.07, 6.45) is 2.89. The minimum Gasteiger partial charge on any atom is -0.352 e. The lowest BCUT2D eigenvalue weighted by molar-refractivity contribution is -0.128. The average molecular weight is 342 g/mol. The lowest BCUT2D eigenvalue weighted by Gasteiger charge is -2.24. The Morgan fingerprint density at radius 2 is 2.08 bits per heavy atom. The number of hydrogen-bond acceptors (Lipinski definition) is 2. The van der Waals surface area contributed by atoms with Gasteiger partial charge in [-0.1, -0.05) is 38.1 Å². The van der Waals surface area contributed by atoms with Crippen LogP contribution in [0.2, 0.25) is 0 Å². The first kappa shape index (κ1) is 17.8. The second kappa shape index (κ2) is 7.46. The SMILES string of the molecule is CN=C(NCc1cccc(CN2CCCC2=O)c1)N1CCC(C)(C)C1. The van der Waals surface area contributed by atoms with E-state index in [1.807, 2.05) is 11.9 Å². The van der Waals surface area contributed by atoms with Crippen molar-refractivity contribution in [1.82, 2.24) is 15.1 Å². The minimum absolute atomic E-state index is 0.278. The molecule has 1 aromatic carbocycles. The van der Waals surface area contributed by atoms with Gasteiger partial charge in [-0.15, -0.1) is 0 Å². The zero-order chi connectivity index (χ0) is 17.9. The molecular formula is C20H30N4O. The zero-order valence-corrected chi connectivity index (χ0v) is 15.7. The van der Waals surface area contributed by atoms with Gasteiger partial charge in [0.05, 0.1) is 0 Å². The summed E-state index contributed by atoms with van der Waals surface area (Å²) in [5.41, 5.74) is 2.79. The number of nitrogens with zero attached hydrogens (tertiary/aromatic N) is 3. The Morgan fingerprint density at radius 1 is 1.28 bits per heavy atom. The Bertz CT molecular complexity index is 653. The predicted octanol–water partition coefficient (Wildman–Crippen LogP) is 2.62. The van der Waals surface area contributed by atoms with Crippen LogP contribution in [0.5, 0.6) is 0 Å². The monoisotopic (exact) mass is 342 g/mol. The number of carbonyl (C=O) groups excluding carboxylic acids is 1. The summed E-state index contributed by atoms with van der Waals surface area (Å²) >= 11 is 0. The van der Waals surface area contributed by atoms with Crippen LogP contribution in [0.25, 0.3) is 0 Å². The van der Waals surface area contributed by atoms with Gasteiger partial charge in [-0.05, 0) is 29.4 Å². The van der Waals surface area contributed by atoms with Crippen LogP contribution in [0.4, 0.5) is 0 Å². The standard InChI is InChI=1S/C20H30N4O/c1-20(2)9-11-24(15-20)19(21-3)22-13-16-6-4-7-17(12-16)14-23-10-5-8-18(23)25/h4,6-7,12H,5,8-11,13-15H2,1-3H3,(H,21,22). The number of guanidine groups is 1. The second-order valence-corrected chi connectivity index (χ2v) is 7.98. The second-order valence-electron chi connectivity index (χ2n) is 7.98. The quantitative estimate of drug-likeness (QED) is 0.676. The van der Waals surface area contributed by atoms with Crippen LogP contribution in [0.15, 0.2) is 29.3 Å². The van der Waals surface area contributed by atoms with Gasteiger partial charge >= 0.3 is 0 Å². The molecule has 5 nitrogen and oxygen atoms in total. The van der Waals surface area contributed by atoms with Gasteiger partial charge in [0.2, 0.25) is 5.91 Å². The maximum absolute atomic E-state index is 11.8. The molecule has 1 N–H and O–H groups in total. The van der Waals surface area contributed by atoms with E-state index in [2.05, 4.69) is 53.3 Å². The van der Waals surface area contributed by atoms with E-state index >= 15 is 0 Å². The molecule has 2 saturated heterocycles. The number of aliphatic imine (C=N–C) groups is 1. The van der Waals surface area contributed by atoms with Crippen LogP contribution in [-0.4, -0.2) is 48.3 Å². The van der Waals surface area contributed by atoms with Crippen LogP contribution < -0.4 is 5.32 Å². The Hall–Kier alpha value is -2.04. The number of benzene rings is 1. The van der Waals surface area contributed by atoms with Crippen molar-refractivity contribution >= 4 is 11.9 Å². The van der Waals surface area contributed by atoms with Crippen molar-refractivity contribution in [3.63, 3.8) is 0 Å². The number of amides is 1. The third-order valence-corrected chi connectivity index (χ3v) is 5.18. The van der Waals surface area contributed by atoms with E-state index in [0.717, 1.165) is 45.1 Å². The summed E-state index contributed by atoms with van der Waals surface area (Å²) in [5, 5.41) is 3.49. The largest absolute Gasteiger partial charge is 0.352 e. The van der Waals surface area contributed by atoms with Crippen LogP contribution in [0.1, 0.15) is 44.2 Å². The first-order valence-corrected chi connectivity index (χ1v) is 9.28. The molecule has 136 valence electrons. The molecule has 0 spiro atoms. The lowest BCUT2D eigenvalue weighted by Crippen LogP contribution is -2.40. The Balaban J connectivity index is 1.57. The van der Waals surface area contributed by atoms with Crippen molar-refractivity contribution in [2.45, 2.75) is 46.2 Å². The van der Waals surface area contributed by atoms with Crippen LogP contribution >= 0.6 is 0 Å². The van der Waals surface area contributed by atoms with Gasteiger partial charge in [-0.25, -0.2) is 0 Å². The Morgan fingerprint density at radius 3 is 2.72 bits per heavy atom. The van der Waals surface area contributed by atoms with Crippen molar-refractivity contribution in [2.24, 2.45) is 10.4 Å². The molecule has 0 radical (unpaired) electrons. The van der Waals surface area contributed by atoms with Crippen LogP contribution in [0.3, 0.4) is 0 Å². The third-order valence-electron chi connectivity index (χ3n) is 5.18. The van der Waals surface area contributed by atoms with E-state index in [0.29, 0.717) is 11.8 Å². The molecule has 0 atom stereocenters. The fraction of sp³-hybridized carbons (Fsp3) is 0.600. The van der Waals surface area contributed by atoms with Gasteiger partial charge in [0.15, 0.2) is 5.96 Å². The van der Waals surface area contributed by atoms with Gasteiger partial charge in [0, 0.05) is 46.2 Å². The molecular weight excluding hydrogens is 312 g/mol. The van der Waals surface area contributed by atoms with Gasteiger partial charge in [0.1, 0.15) is 0 Å². The highest BCUT2D eigenvalue weighted by molar-refractivity contribution is 5.80. The van der Waals surface area contributed by atoms with Gasteiger partial charge in [0.25, 0.3) is 0 Å². The smallest absolute Gasteiger partial charge is 0.222 e. The van der Waals surface area contributed by atoms with E-state index in [-0.39, 0.29) is 5.91 Å². The lowest BCUT2D eigenvalue weighted by atomic mass is 9.93. The summed E-state index contributed by atoms with van der Waals surface area (Å²) in [6, 6.07) is 8.50. The summed E-state index contributed by atoms with van der Waals surface area (Å²) in [5.74, 6) is 1.26. The Kier molecular flexibility index (Phi) is 5.30. The fourth-order valence-electron chi connectivity index (χ4n) is 3.74. The van der Waals surface area contributed by atoms with Crippen LogP contribution in [0, 0.1) is 5.41 Å². The molecule has 0 aromatic heterocycles. The van der Waals surface area contributed by atoms with Crippen molar-refractivity contribution in [2.75, 3.05) is 26.7 Å². The van der Waals surface area contributed by atoms with Crippen molar-refractivity contribution < 1.29 is 4.79 Å². The molecule has 0 bridgehead atoms. The minimum atomic E-state index is 0.278. The van der Waals surface area contributed by atoms with E-state index in [9.17, 15) is 4.79 Å². The highest BCUT2D eigenvalue weighted by Crippen LogP contribution is 2.28. The van der Waals surface area contributed by atoms with Gasteiger partial charge in [-0.2, -0.15) is 0 Å². The maximum Gasteiger partial charge on any atom is 0.222 e. The highest BCUT2D eigenvalue weighted by Gasteiger charge is 2.30. The fourth-order valence-corrected chi connectivity index (χ4v) is 3.74. The molecule has 0 unspecified atom stereocenters. The van der Waals surface area contributed by atoms with Crippen molar-refractivity contribution in [3.8, 4) is 0 Å². The van der Waals surface area contributed by atoms with Crippen molar-refractivity contribution in [3.05, 3.63) is 35.4 Å². The van der Waals surface area contributed by atoms with Gasteiger partial charge in [-0.3, -0.25) is 9.79 Å². The van der Waals surface area contributed by atoms with Gasteiger partial charge < -0.3 is 15.1 Å². The van der Waals surface area contributed by atoms with E-state index in [4.69, 9.17) is 0 Å². The van der Waals surface area contributed by atoms with Crippen LogP contribution in [-0.2, 0) is 17.9 Å². The molecule has 2 fully saturated rings. The number of rotatable bonds is 4. The third kappa shape index (κ3) is 4.53. The number of hydrogen-bond donors (Lipinski definition) is 1. The summed E-state index contributed by atoms with van der Waals surface area (Å²) in [7, 11) is 1.85. The van der Waals surface area contributed by atoms with E-state index in [1.54, 1.807) is 0 Å². The summed E-state index contributed by atoms with van der Waals surface area (Å²) < 4.78 is 0. The molecule has 3 rings (SSSR count). The topological polar surface area (TPSA) is 47.9 Å². The molecule has 2 heterocycles. The van der Waals surface area contributed by atoms with E-state index < -0.39 is 0 Å². The Labute approximate surface area is 151 Å². The molecule has 2 aliphatic heterocycles. The number of likely N-dealkylation sites (tertiary alicyclic amines) is 2. The normalized spacial score (nSPS) is 20.4. The molecule has 0 aliphatic carbocycles. The zero-order valence-electron chi connectivity index (χ0n) is 15.7. The first-order valence-electron chi connectivity index (χ1n) is 9.28. The maximum atomic E-state index is 11.8. The number of nitrogens with one attached hydrogen (secondary N) is 1. The molecule has 1 amide bonds. The average Bonchev–Trinajstić information content (AvgIpc) is 3.14. The highest BCUT2D eigenvalue weighted by atomic mass is 16.2. The molecule has 25 heavy (non-hydrogen) atoms. The molecule has 0 saturated carbocycles. The van der Waals surface area contributed by atoms with E-state index in [1.165, 1.54) is 17.5 Å². The summed E-state index contributed by atoms with van der Waals surface area (Å²) in [6.45, 7) is 9.09. The summed E-state index contributed by atoms with van der Waals surface area (Å²) in [4.78, 5) is 20.6. The van der Waals surface area contributed by atoms with Crippen molar-refractivity contribution in [1.29, 1.82) is 0 Å². The molecule has 5 heteroatoms. The predicted molar refractivity (Wildman–Crippen MR) is 101 cm³/mol.